The topological polar surface area (TPSA) is 86.3 Å². The zero-order chi connectivity index (χ0) is 25.7. The zero-order valence-electron chi connectivity index (χ0n) is 19.5. The molecule has 6 rings (SSSR count). The fourth-order valence-electron chi connectivity index (χ4n) is 4.98. The molecule has 3 N–H and O–H groups in total. The van der Waals surface area contributed by atoms with Gasteiger partial charge in [0.15, 0.2) is 11.6 Å². The van der Waals surface area contributed by atoms with E-state index < -0.39 is 29.4 Å². The normalized spacial score (nSPS) is 20.4. The van der Waals surface area contributed by atoms with Gasteiger partial charge in [0.2, 0.25) is 0 Å². The Morgan fingerprint density at radius 3 is 2.41 bits per heavy atom. The lowest BCUT2D eigenvalue weighted by Crippen LogP contribution is -2.59. The fourth-order valence-corrected chi connectivity index (χ4v) is 4.98. The Bertz CT molecular complexity index is 1420. The van der Waals surface area contributed by atoms with E-state index in [1.165, 1.54) is 24.5 Å². The maximum absolute atomic E-state index is 14.2. The predicted octanol–water partition coefficient (Wildman–Crippen LogP) is 3.78. The first kappa shape index (κ1) is 23.8. The van der Waals surface area contributed by atoms with E-state index in [1.807, 2.05) is 4.90 Å². The van der Waals surface area contributed by atoms with Gasteiger partial charge < -0.3 is 25.0 Å². The van der Waals surface area contributed by atoms with Crippen molar-refractivity contribution >= 4 is 16.7 Å². The lowest BCUT2D eigenvalue weighted by Gasteiger charge is -2.41. The maximum atomic E-state index is 14.2. The number of nitrogens with zero attached hydrogens (tertiary/aromatic N) is 3. The van der Waals surface area contributed by atoms with Crippen molar-refractivity contribution in [3.63, 3.8) is 0 Å². The first-order valence-electron chi connectivity index (χ1n) is 11.9. The number of hydrogen-bond donors (Lipinski definition) is 3. The van der Waals surface area contributed by atoms with E-state index in [1.54, 1.807) is 0 Å². The van der Waals surface area contributed by atoms with Crippen molar-refractivity contribution in [1.82, 2.24) is 20.3 Å². The number of H-pyrrole nitrogens is 1. The molecule has 11 heteroatoms. The average Bonchev–Trinajstić information content (AvgIpc) is 3.23. The number of rotatable bonds is 5. The molecule has 7 nitrogen and oxygen atoms in total. The number of imidazole rings is 1. The Morgan fingerprint density at radius 1 is 0.973 bits per heavy atom. The van der Waals surface area contributed by atoms with E-state index in [-0.39, 0.29) is 41.0 Å². The van der Waals surface area contributed by atoms with E-state index in [4.69, 9.17) is 4.74 Å². The van der Waals surface area contributed by atoms with E-state index in [2.05, 4.69) is 20.3 Å². The van der Waals surface area contributed by atoms with Crippen LogP contribution in [0.2, 0.25) is 0 Å². The summed E-state index contributed by atoms with van der Waals surface area (Å²) in [6.45, 7) is 1.96. The van der Waals surface area contributed by atoms with E-state index in [0.29, 0.717) is 43.0 Å². The summed E-state index contributed by atoms with van der Waals surface area (Å²) in [4.78, 5) is 13.6. The number of hydrogen-bond acceptors (Lipinski definition) is 6. The molecule has 2 fully saturated rings. The van der Waals surface area contributed by atoms with Crippen LogP contribution in [0.25, 0.3) is 33.5 Å². The van der Waals surface area contributed by atoms with Gasteiger partial charge >= 0.3 is 0 Å². The Labute approximate surface area is 209 Å². The highest BCUT2D eigenvalue weighted by atomic mass is 19.2. The first-order chi connectivity index (χ1) is 17.9. The smallest absolute Gasteiger partial charge is 0.161 e. The highest BCUT2D eigenvalue weighted by Crippen LogP contribution is 2.40. The van der Waals surface area contributed by atoms with Crippen molar-refractivity contribution in [2.75, 3.05) is 31.2 Å². The molecule has 0 aliphatic carbocycles. The molecule has 2 aromatic heterocycles. The minimum absolute atomic E-state index is 0.136. The largest absolute Gasteiger partial charge is 0.390 e. The summed E-state index contributed by atoms with van der Waals surface area (Å²) in [5.74, 6) is -3.25. The maximum Gasteiger partial charge on any atom is 0.161 e. The number of halogens is 4. The number of aromatic nitrogens is 3. The lowest BCUT2D eigenvalue weighted by molar-refractivity contribution is -0.0214. The predicted molar refractivity (Wildman–Crippen MR) is 129 cm³/mol. The molecule has 2 atom stereocenters. The molecule has 0 spiro atoms. The summed E-state index contributed by atoms with van der Waals surface area (Å²) in [7, 11) is 0. The van der Waals surface area contributed by atoms with Crippen LogP contribution in [0.4, 0.5) is 23.2 Å². The number of ether oxygens (including phenoxy) is 1. The van der Waals surface area contributed by atoms with Crippen molar-refractivity contribution in [3.8, 4) is 22.5 Å². The van der Waals surface area contributed by atoms with Crippen LogP contribution in [0, 0.1) is 23.3 Å². The van der Waals surface area contributed by atoms with Gasteiger partial charge in [-0.25, -0.2) is 22.5 Å². The Hall–Kier alpha value is -3.54. The first-order valence-corrected chi connectivity index (χ1v) is 11.9. The number of fused-ring (bicyclic) bond motifs is 1. The molecule has 0 bridgehead atoms. The van der Waals surface area contributed by atoms with Crippen molar-refractivity contribution in [2.45, 2.75) is 24.6 Å². The Morgan fingerprint density at radius 2 is 1.70 bits per heavy atom. The van der Waals surface area contributed by atoms with E-state index in [0.717, 1.165) is 18.2 Å². The van der Waals surface area contributed by atoms with Gasteiger partial charge in [-0.1, -0.05) is 0 Å². The molecule has 2 aliphatic heterocycles. The molecule has 2 aliphatic rings. The number of aromatic amines is 1. The molecule has 4 heterocycles. The summed E-state index contributed by atoms with van der Waals surface area (Å²) in [6, 6.07) is 5.27. The van der Waals surface area contributed by atoms with E-state index >= 15 is 0 Å². The highest BCUT2D eigenvalue weighted by Gasteiger charge is 2.33. The summed E-state index contributed by atoms with van der Waals surface area (Å²) < 4.78 is 61.2. The number of pyridine rings is 1. The second-order valence-electron chi connectivity index (χ2n) is 9.42. The lowest BCUT2D eigenvalue weighted by atomic mass is 9.96. The zero-order valence-corrected chi connectivity index (χ0v) is 19.5. The molecule has 0 unspecified atom stereocenters. The molecule has 37 heavy (non-hydrogen) atoms. The van der Waals surface area contributed by atoms with E-state index in [9.17, 15) is 22.7 Å². The second kappa shape index (κ2) is 9.40. The van der Waals surface area contributed by atoms with Crippen molar-refractivity contribution in [3.05, 3.63) is 66.0 Å². The van der Waals surface area contributed by atoms with Gasteiger partial charge in [0, 0.05) is 55.3 Å². The van der Waals surface area contributed by atoms with Gasteiger partial charge in [-0.2, -0.15) is 0 Å². The average molecular weight is 513 g/mol. The summed E-state index contributed by atoms with van der Waals surface area (Å²) in [6.07, 6.45) is 2.90. The summed E-state index contributed by atoms with van der Waals surface area (Å²) >= 11 is 0. The molecule has 4 aromatic rings. The molecule has 0 saturated carbocycles. The number of anilines is 1. The summed E-state index contributed by atoms with van der Waals surface area (Å²) in [5.41, 5.74) is 2.20. The quantitative estimate of drug-likeness (QED) is 0.353. The van der Waals surface area contributed by atoms with Crippen LogP contribution in [0.5, 0.6) is 0 Å². The third-order valence-corrected chi connectivity index (χ3v) is 6.86. The summed E-state index contributed by atoms with van der Waals surface area (Å²) in [5, 5.41) is 14.4. The number of aliphatic hydroxyl groups is 1. The Balaban J connectivity index is 1.45. The van der Waals surface area contributed by atoms with Crippen molar-refractivity contribution in [1.29, 1.82) is 0 Å². The van der Waals surface area contributed by atoms with Gasteiger partial charge in [0.1, 0.15) is 17.5 Å². The molecule has 192 valence electrons. The standard InChI is InChI=1S/C26H23F4N5O2/c27-14-3-13(4-15(28)5-14)17-8-31-9-18(26-33-22-6-19(29)20(30)7-23(22)34-26)25(17)35-2-1-21(24(36)10-35)32-16-11-37-12-16/h3-9,16,21,24,32,36H,1-2,10-12H2,(H,33,34)/t21-,24+/m1/s1. The highest BCUT2D eigenvalue weighted by molar-refractivity contribution is 5.91. The number of piperidine rings is 1. The molecule has 0 radical (unpaired) electrons. The molecular formula is C26H23F4N5O2. The Kier molecular flexibility index (Phi) is 6.06. The van der Waals surface area contributed by atoms with Crippen LogP contribution in [-0.2, 0) is 4.74 Å². The molecular weight excluding hydrogens is 490 g/mol. The monoisotopic (exact) mass is 513 g/mol. The molecule has 2 aromatic carbocycles. The molecule has 2 saturated heterocycles. The second-order valence-corrected chi connectivity index (χ2v) is 9.42. The van der Waals surface area contributed by atoms with Gasteiger partial charge in [-0.05, 0) is 24.1 Å². The number of benzene rings is 2. The van der Waals surface area contributed by atoms with Gasteiger partial charge in [-0.15, -0.1) is 0 Å². The fraction of sp³-hybridized carbons (Fsp3) is 0.308. The van der Waals surface area contributed by atoms with Crippen LogP contribution in [0.1, 0.15) is 6.42 Å². The van der Waals surface area contributed by atoms with Gasteiger partial charge in [-0.3, -0.25) is 4.98 Å². The van der Waals surface area contributed by atoms with Crippen LogP contribution < -0.4 is 10.2 Å². The SMILES string of the molecule is O[C@H]1CN(c2c(-c3cc(F)cc(F)c3)cncc2-c2nc3cc(F)c(F)cc3[nH]2)CC[C@H]1NC1COC1. The number of nitrogens with one attached hydrogen (secondary N) is 2. The van der Waals surface area contributed by atoms with Crippen molar-refractivity contribution < 1.29 is 27.4 Å². The van der Waals surface area contributed by atoms with Crippen LogP contribution in [-0.4, -0.2) is 64.5 Å². The third-order valence-electron chi connectivity index (χ3n) is 6.86. The van der Waals surface area contributed by atoms with Crippen LogP contribution in [0.15, 0.2) is 42.7 Å². The van der Waals surface area contributed by atoms with Gasteiger partial charge in [0.25, 0.3) is 0 Å². The number of β-amino-alcohol motifs (C(OH)–C–C–N with tert-alkyl or cyclic N) is 1. The number of aliphatic hydroxyl groups excluding tert-OH is 1. The van der Waals surface area contributed by atoms with Crippen molar-refractivity contribution in [2.24, 2.45) is 0 Å². The van der Waals surface area contributed by atoms with Crippen LogP contribution in [0.3, 0.4) is 0 Å². The molecule has 0 amide bonds. The van der Waals surface area contributed by atoms with Gasteiger partial charge in [0.05, 0.1) is 47.6 Å². The minimum Gasteiger partial charge on any atom is -0.390 e. The minimum atomic E-state index is -1.03. The van der Waals surface area contributed by atoms with Crippen LogP contribution >= 0.6 is 0 Å². The third kappa shape index (κ3) is 4.54.